The Labute approximate surface area is 111 Å². The summed E-state index contributed by atoms with van der Waals surface area (Å²) >= 11 is 3.47. The molecule has 0 radical (unpaired) electrons. The van der Waals surface area contributed by atoms with E-state index in [-0.39, 0.29) is 17.7 Å². The number of amides is 2. The second-order valence-corrected chi connectivity index (χ2v) is 5.14. The minimum atomic E-state index is -0.285. The fraction of sp³-hybridized carbons (Fsp3) is 0.250. The summed E-state index contributed by atoms with van der Waals surface area (Å²) in [5.41, 5.74) is 1.81. The SMILES string of the molecule is O=C1CCC(c2cc(Br)c3ccnn3c2)C(=O)N1. The summed E-state index contributed by atoms with van der Waals surface area (Å²) in [6, 6.07) is 3.80. The Morgan fingerprint density at radius 3 is 3.06 bits per heavy atom. The van der Waals surface area contributed by atoms with Crippen molar-refractivity contribution in [2.75, 3.05) is 0 Å². The zero-order valence-corrected chi connectivity index (χ0v) is 11.0. The van der Waals surface area contributed by atoms with Crippen LogP contribution >= 0.6 is 15.9 Å². The van der Waals surface area contributed by atoms with Crippen molar-refractivity contribution in [3.63, 3.8) is 0 Å². The zero-order valence-electron chi connectivity index (χ0n) is 9.39. The maximum atomic E-state index is 11.8. The van der Waals surface area contributed by atoms with Gasteiger partial charge in [0.25, 0.3) is 0 Å². The van der Waals surface area contributed by atoms with Gasteiger partial charge in [0.15, 0.2) is 0 Å². The van der Waals surface area contributed by atoms with E-state index >= 15 is 0 Å². The summed E-state index contributed by atoms with van der Waals surface area (Å²) in [6.45, 7) is 0. The second-order valence-electron chi connectivity index (χ2n) is 4.29. The van der Waals surface area contributed by atoms with Crippen LogP contribution in [0, 0.1) is 0 Å². The molecule has 3 rings (SSSR count). The molecule has 0 saturated carbocycles. The predicted octanol–water partition coefficient (Wildman–Crippen LogP) is 1.62. The van der Waals surface area contributed by atoms with Crippen LogP contribution in [0.1, 0.15) is 24.3 Å². The van der Waals surface area contributed by atoms with Gasteiger partial charge in [0.05, 0.1) is 17.6 Å². The smallest absolute Gasteiger partial charge is 0.234 e. The topological polar surface area (TPSA) is 63.5 Å². The van der Waals surface area contributed by atoms with Crippen LogP contribution in [0.4, 0.5) is 0 Å². The summed E-state index contributed by atoms with van der Waals surface area (Å²) in [7, 11) is 0. The number of pyridine rings is 1. The number of aromatic nitrogens is 2. The maximum Gasteiger partial charge on any atom is 0.234 e. The van der Waals surface area contributed by atoms with Gasteiger partial charge in [-0.05, 0) is 40.0 Å². The van der Waals surface area contributed by atoms with Gasteiger partial charge >= 0.3 is 0 Å². The minimum absolute atomic E-state index is 0.199. The molecule has 1 saturated heterocycles. The number of halogens is 1. The quantitative estimate of drug-likeness (QED) is 0.814. The third-order valence-electron chi connectivity index (χ3n) is 3.12. The molecule has 92 valence electrons. The summed E-state index contributed by atoms with van der Waals surface area (Å²) in [6.07, 6.45) is 4.46. The van der Waals surface area contributed by atoms with Crippen molar-refractivity contribution >= 4 is 33.3 Å². The largest absolute Gasteiger partial charge is 0.296 e. The highest BCUT2D eigenvalue weighted by Crippen LogP contribution is 2.28. The van der Waals surface area contributed by atoms with Gasteiger partial charge in [0.2, 0.25) is 11.8 Å². The lowest BCUT2D eigenvalue weighted by molar-refractivity contribution is -0.134. The lowest BCUT2D eigenvalue weighted by atomic mass is 9.92. The van der Waals surface area contributed by atoms with Gasteiger partial charge in [-0.1, -0.05) is 0 Å². The van der Waals surface area contributed by atoms with Crippen molar-refractivity contribution in [1.29, 1.82) is 0 Å². The number of hydrogen-bond acceptors (Lipinski definition) is 3. The standard InChI is InChI=1S/C12H10BrN3O2/c13-9-5-7(6-16-10(9)3-4-14-16)8-1-2-11(17)15-12(8)18/h3-6,8H,1-2H2,(H,15,17,18). The molecular formula is C12H10BrN3O2. The van der Waals surface area contributed by atoms with E-state index in [2.05, 4.69) is 26.3 Å². The molecule has 2 amide bonds. The molecule has 1 fully saturated rings. The average molecular weight is 308 g/mol. The monoisotopic (exact) mass is 307 g/mol. The van der Waals surface area contributed by atoms with Crippen molar-refractivity contribution in [3.8, 4) is 0 Å². The van der Waals surface area contributed by atoms with Crippen LogP contribution in [0.2, 0.25) is 0 Å². The number of nitrogens with zero attached hydrogens (tertiary/aromatic N) is 2. The first-order valence-electron chi connectivity index (χ1n) is 5.61. The highest BCUT2D eigenvalue weighted by Gasteiger charge is 2.28. The summed E-state index contributed by atoms with van der Waals surface area (Å²) in [5.74, 6) is -0.715. The number of carbonyl (C=O) groups is 2. The fourth-order valence-corrected chi connectivity index (χ4v) is 2.79. The van der Waals surface area contributed by atoms with Crippen molar-refractivity contribution in [2.45, 2.75) is 18.8 Å². The molecule has 1 unspecified atom stereocenters. The first-order valence-corrected chi connectivity index (χ1v) is 6.41. The van der Waals surface area contributed by atoms with Gasteiger partial charge < -0.3 is 0 Å². The minimum Gasteiger partial charge on any atom is -0.296 e. The van der Waals surface area contributed by atoms with Gasteiger partial charge in [-0.15, -0.1) is 0 Å². The second kappa shape index (κ2) is 4.20. The number of nitrogens with one attached hydrogen (secondary N) is 1. The first-order chi connectivity index (χ1) is 8.65. The molecule has 0 aromatic carbocycles. The van der Waals surface area contributed by atoms with Crippen molar-refractivity contribution in [3.05, 3.63) is 34.6 Å². The van der Waals surface area contributed by atoms with Crippen molar-refractivity contribution in [2.24, 2.45) is 0 Å². The molecule has 2 aromatic heterocycles. The number of fused-ring (bicyclic) bond motifs is 1. The molecule has 1 aliphatic rings. The Balaban J connectivity index is 2.03. The van der Waals surface area contributed by atoms with Crippen LogP contribution < -0.4 is 5.32 Å². The Hall–Kier alpha value is -1.69. The molecule has 2 aromatic rings. The predicted molar refractivity (Wildman–Crippen MR) is 68.0 cm³/mol. The highest BCUT2D eigenvalue weighted by molar-refractivity contribution is 9.10. The molecule has 1 atom stereocenters. The maximum absolute atomic E-state index is 11.8. The van der Waals surface area contributed by atoms with Crippen LogP contribution in [-0.4, -0.2) is 21.4 Å². The molecule has 5 nitrogen and oxygen atoms in total. The third kappa shape index (κ3) is 1.82. The van der Waals surface area contributed by atoms with E-state index in [4.69, 9.17) is 0 Å². The Morgan fingerprint density at radius 2 is 2.28 bits per heavy atom. The van der Waals surface area contributed by atoms with E-state index in [9.17, 15) is 9.59 Å². The molecule has 0 spiro atoms. The normalized spacial score (nSPS) is 20.2. The lowest BCUT2D eigenvalue weighted by Crippen LogP contribution is -2.39. The molecule has 0 aliphatic carbocycles. The highest BCUT2D eigenvalue weighted by atomic mass is 79.9. The molecule has 1 aliphatic heterocycles. The zero-order chi connectivity index (χ0) is 12.7. The van der Waals surface area contributed by atoms with Gasteiger partial charge in [-0.2, -0.15) is 5.10 Å². The molecule has 3 heterocycles. The third-order valence-corrected chi connectivity index (χ3v) is 3.76. The number of imide groups is 1. The van der Waals surface area contributed by atoms with Crippen LogP contribution in [0.25, 0.3) is 5.52 Å². The molecule has 0 bridgehead atoms. The molecule has 6 heteroatoms. The first kappa shape index (κ1) is 11.4. The van der Waals surface area contributed by atoms with Gasteiger partial charge in [-0.3, -0.25) is 14.9 Å². The molecule has 1 N–H and O–H groups in total. The van der Waals surface area contributed by atoms with E-state index in [1.165, 1.54) is 0 Å². The van der Waals surface area contributed by atoms with Crippen LogP contribution in [0.3, 0.4) is 0 Å². The van der Waals surface area contributed by atoms with Gasteiger partial charge in [-0.25, -0.2) is 4.52 Å². The fourth-order valence-electron chi connectivity index (χ4n) is 2.21. The van der Waals surface area contributed by atoms with E-state index in [1.807, 2.05) is 18.3 Å². The summed E-state index contributed by atoms with van der Waals surface area (Å²) < 4.78 is 2.62. The van der Waals surface area contributed by atoms with E-state index in [1.54, 1.807) is 10.7 Å². The number of carbonyl (C=O) groups excluding carboxylic acids is 2. The van der Waals surface area contributed by atoms with Crippen LogP contribution in [0.5, 0.6) is 0 Å². The Morgan fingerprint density at radius 1 is 1.44 bits per heavy atom. The number of rotatable bonds is 1. The summed E-state index contributed by atoms with van der Waals surface area (Å²) in [5, 5.41) is 6.53. The molecular weight excluding hydrogens is 298 g/mol. The number of piperidine rings is 1. The van der Waals surface area contributed by atoms with Crippen LogP contribution in [0.15, 0.2) is 29.0 Å². The molecule has 18 heavy (non-hydrogen) atoms. The van der Waals surface area contributed by atoms with Crippen LogP contribution in [-0.2, 0) is 9.59 Å². The van der Waals surface area contributed by atoms with Crippen molar-refractivity contribution in [1.82, 2.24) is 14.9 Å². The van der Waals surface area contributed by atoms with Gasteiger partial charge in [0, 0.05) is 17.1 Å². The lowest BCUT2D eigenvalue weighted by Gasteiger charge is -2.21. The Bertz CT molecular complexity index is 650. The number of hydrogen-bond donors (Lipinski definition) is 1. The average Bonchev–Trinajstić information content (AvgIpc) is 2.77. The van der Waals surface area contributed by atoms with E-state index in [0.717, 1.165) is 15.6 Å². The Kier molecular flexibility index (Phi) is 2.66. The van der Waals surface area contributed by atoms with E-state index < -0.39 is 0 Å². The van der Waals surface area contributed by atoms with Crippen molar-refractivity contribution < 1.29 is 9.59 Å². The van der Waals surface area contributed by atoms with Gasteiger partial charge in [0.1, 0.15) is 0 Å². The summed E-state index contributed by atoms with van der Waals surface area (Å²) in [4.78, 5) is 22.9. The van der Waals surface area contributed by atoms with E-state index in [0.29, 0.717) is 12.8 Å².